The average molecular weight is 572 g/mol. The standard InChI is InChI=1S/C28H39BrN6O2/c1-17-9-19-13-28(37,11-17)12-18(2)25(19)32-26-24(29)14-30-27(33-26)31-20-3-5-21(6-4-20)35-16-22-10-23(35)15-34(22)7-8-36/h3-6,14,17-19,22-23,25,36-37H,7-13,15-16H2,1-2H3,(H2,30,31,32,33). The molecular weight excluding hydrogens is 532 g/mol. The minimum absolute atomic E-state index is 0.238. The van der Waals surface area contributed by atoms with Gasteiger partial charge in [0.05, 0.1) is 16.7 Å². The third kappa shape index (κ3) is 5.07. The number of aliphatic hydroxyl groups is 2. The molecule has 0 spiro atoms. The molecule has 9 heteroatoms. The maximum absolute atomic E-state index is 11.1. The third-order valence-electron chi connectivity index (χ3n) is 9.14. The SMILES string of the molecule is CC1CC2CC(O)(C1)CC(C)C2Nc1nc(Nc2ccc(N3CC4CC3CN4CCO)cc2)ncc1Br. The van der Waals surface area contributed by atoms with E-state index in [4.69, 9.17) is 4.98 Å². The summed E-state index contributed by atoms with van der Waals surface area (Å²) >= 11 is 3.64. The van der Waals surface area contributed by atoms with Crippen LogP contribution in [0.5, 0.6) is 0 Å². The van der Waals surface area contributed by atoms with E-state index in [1.165, 1.54) is 12.1 Å². The summed E-state index contributed by atoms with van der Waals surface area (Å²) in [4.78, 5) is 14.2. The molecule has 37 heavy (non-hydrogen) atoms. The van der Waals surface area contributed by atoms with E-state index in [0.717, 1.165) is 61.3 Å². The van der Waals surface area contributed by atoms with Gasteiger partial charge < -0.3 is 25.7 Å². The van der Waals surface area contributed by atoms with Gasteiger partial charge in [0.1, 0.15) is 5.82 Å². The van der Waals surface area contributed by atoms with E-state index in [1.807, 2.05) is 0 Å². The predicted octanol–water partition coefficient (Wildman–Crippen LogP) is 4.23. The van der Waals surface area contributed by atoms with Gasteiger partial charge in [-0.05, 0) is 90.1 Å². The van der Waals surface area contributed by atoms with E-state index < -0.39 is 5.60 Å². The Morgan fingerprint density at radius 1 is 1.08 bits per heavy atom. The van der Waals surface area contributed by atoms with E-state index >= 15 is 0 Å². The van der Waals surface area contributed by atoms with Crippen LogP contribution in [0.4, 0.5) is 23.1 Å². The molecule has 8 nitrogen and oxygen atoms in total. The van der Waals surface area contributed by atoms with Gasteiger partial charge in [0.15, 0.2) is 0 Å². The lowest BCUT2D eigenvalue weighted by atomic mass is 9.60. The molecule has 4 N–H and O–H groups in total. The van der Waals surface area contributed by atoms with Crippen LogP contribution in [0, 0.1) is 17.8 Å². The quantitative estimate of drug-likeness (QED) is 0.393. The fourth-order valence-corrected chi connectivity index (χ4v) is 8.12. The highest BCUT2D eigenvalue weighted by molar-refractivity contribution is 9.10. The summed E-state index contributed by atoms with van der Waals surface area (Å²) in [6, 6.07) is 9.90. The van der Waals surface area contributed by atoms with Gasteiger partial charge in [0, 0.05) is 55.3 Å². The number of hydrogen-bond donors (Lipinski definition) is 4. The molecule has 200 valence electrons. The van der Waals surface area contributed by atoms with Gasteiger partial charge in [-0.15, -0.1) is 0 Å². The first-order valence-electron chi connectivity index (χ1n) is 13.8. The number of hydrogen-bond acceptors (Lipinski definition) is 8. The number of piperazine rings is 1. The van der Waals surface area contributed by atoms with Crippen LogP contribution < -0.4 is 15.5 Å². The molecule has 4 fully saturated rings. The second-order valence-electron chi connectivity index (χ2n) is 12.1. The Hall–Kier alpha value is -1.94. The van der Waals surface area contributed by atoms with Crippen molar-refractivity contribution >= 4 is 39.1 Å². The number of nitrogens with zero attached hydrogens (tertiary/aromatic N) is 4. The van der Waals surface area contributed by atoms with Gasteiger partial charge in [-0.3, -0.25) is 4.90 Å². The van der Waals surface area contributed by atoms with Crippen molar-refractivity contribution in [3.63, 3.8) is 0 Å². The number of aromatic nitrogens is 2. The highest BCUT2D eigenvalue weighted by Gasteiger charge is 2.48. The minimum atomic E-state index is -0.505. The summed E-state index contributed by atoms with van der Waals surface area (Å²) in [5.41, 5.74) is 1.70. The van der Waals surface area contributed by atoms with Gasteiger partial charge in [-0.1, -0.05) is 13.8 Å². The highest BCUT2D eigenvalue weighted by atomic mass is 79.9. The molecule has 0 amide bonds. The van der Waals surface area contributed by atoms with E-state index in [9.17, 15) is 10.2 Å². The lowest BCUT2D eigenvalue weighted by molar-refractivity contribution is -0.0847. The van der Waals surface area contributed by atoms with Gasteiger partial charge in [0.2, 0.25) is 5.95 Å². The van der Waals surface area contributed by atoms with Crippen molar-refractivity contribution in [2.75, 3.05) is 41.8 Å². The zero-order chi connectivity index (χ0) is 25.7. The van der Waals surface area contributed by atoms with E-state index in [1.54, 1.807) is 6.20 Å². The molecular formula is C28H39BrN6O2. The first-order chi connectivity index (χ1) is 17.8. The number of benzene rings is 1. The summed E-state index contributed by atoms with van der Waals surface area (Å²) in [6.45, 7) is 7.59. The van der Waals surface area contributed by atoms with Crippen LogP contribution in [-0.4, -0.2) is 75.0 Å². The zero-order valence-corrected chi connectivity index (χ0v) is 23.4. The molecule has 1 aromatic carbocycles. The van der Waals surface area contributed by atoms with E-state index in [-0.39, 0.29) is 12.6 Å². The molecule has 6 rings (SSSR count). The van der Waals surface area contributed by atoms with Gasteiger partial charge >= 0.3 is 0 Å². The normalized spacial score (nSPS) is 35.1. The molecule has 4 aliphatic rings. The van der Waals surface area contributed by atoms with Crippen LogP contribution in [-0.2, 0) is 0 Å². The maximum Gasteiger partial charge on any atom is 0.229 e. The number of anilines is 4. The Morgan fingerprint density at radius 3 is 2.62 bits per heavy atom. The topological polar surface area (TPSA) is 96.8 Å². The molecule has 2 aliphatic carbocycles. The van der Waals surface area contributed by atoms with Crippen LogP contribution in [0.1, 0.15) is 46.0 Å². The Labute approximate surface area is 228 Å². The largest absolute Gasteiger partial charge is 0.395 e. The molecule has 2 saturated carbocycles. The number of fused-ring (bicyclic) bond motifs is 4. The molecule has 1 aromatic heterocycles. The number of nitrogens with one attached hydrogen (secondary N) is 2. The van der Waals surface area contributed by atoms with Crippen molar-refractivity contribution in [2.24, 2.45) is 17.8 Å². The highest BCUT2D eigenvalue weighted by Crippen LogP contribution is 2.48. The van der Waals surface area contributed by atoms with Crippen LogP contribution in [0.3, 0.4) is 0 Å². The number of likely N-dealkylation sites (tertiary alicyclic amines) is 1. The molecule has 7 unspecified atom stereocenters. The fourth-order valence-electron chi connectivity index (χ4n) is 7.81. The van der Waals surface area contributed by atoms with Crippen LogP contribution >= 0.6 is 15.9 Å². The summed E-state index contributed by atoms with van der Waals surface area (Å²) in [5, 5.41) is 27.4. The predicted molar refractivity (Wildman–Crippen MR) is 150 cm³/mol. The molecule has 2 saturated heterocycles. The van der Waals surface area contributed by atoms with Gasteiger partial charge in [-0.25, -0.2) is 4.98 Å². The van der Waals surface area contributed by atoms with Gasteiger partial charge in [-0.2, -0.15) is 4.98 Å². The van der Waals surface area contributed by atoms with Crippen molar-refractivity contribution in [1.82, 2.24) is 14.9 Å². The van der Waals surface area contributed by atoms with Crippen molar-refractivity contribution < 1.29 is 10.2 Å². The number of rotatable bonds is 7. The second kappa shape index (κ2) is 9.98. The first-order valence-corrected chi connectivity index (χ1v) is 14.6. The van der Waals surface area contributed by atoms with Crippen molar-refractivity contribution in [3.05, 3.63) is 34.9 Å². The third-order valence-corrected chi connectivity index (χ3v) is 9.72. The summed E-state index contributed by atoms with van der Waals surface area (Å²) < 4.78 is 0.851. The Bertz CT molecular complexity index is 1110. The number of aliphatic hydroxyl groups excluding tert-OH is 1. The van der Waals surface area contributed by atoms with Crippen LogP contribution in [0.25, 0.3) is 0 Å². The Balaban J connectivity index is 1.12. The monoisotopic (exact) mass is 570 g/mol. The Kier molecular flexibility index (Phi) is 6.84. The van der Waals surface area contributed by atoms with Gasteiger partial charge in [0.25, 0.3) is 0 Å². The molecule has 3 heterocycles. The van der Waals surface area contributed by atoms with Crippen molar-refractivity contribution in [2.45, 2.75) is 69.7 Å². The van der Waals surface area contributed by atoms with Crippen LogP contribution in [0.2, 0.25) is 0 Å². The summed E-state index contributed by atoms with van der Waals surface area (Å²) in [7, 11) is 0. The average Bonchev–Trinajstić information content (AvgIpc) is 3.44. The molecule has 0 radical (unpaired) electrons. The maximum atomic E-state index is 11.1. The number of halogens is 1. The summed E-state index contributed by atoms with van der Waals surface area (Å²) in [6.07, 6.45) is 6.76. The Morgan fingerprint density at radius 2 is 1.89 bits per heavy atom. The molecule has 7 atom stereocenters. The minimum Gasteiger partial charge on any atom is -0.395 e. The lowest BCUT2D eigenvalue weighted by Gasteiger charge is -2.51. The van der Waals surface area contributed by atoms with Crippen molar-refractivity contribution in [3.8, 4) is 0 Å². The zero-order valence-electron chi connectivity index (χ0n) is 21.8. The smallest absolute Gasteiger partial charge is 0.229 e. The van der Waals surface area contributed by atoms with E-state index in [0.29, 0.717) is 35.8 Å². The molecule has 2 aromatic rings. The lowest BCUT2D eigenvalue weighted by Crippen LogP contribution is -2.53. The number of β-amino-alcohol motifs (C(OH)–C–C–N with tert-alkyl or cyclic N) is 1. The molecule has 4 bridgehead atoms. The van der Waals surface area contributed by atoms with Crippen molar-refractivity contribution in [1.29, 1.82) is 0 Å². The van der Waals surface area contributed by atoms with E-state index in [2.05, 4.69) is 79.5 Å². The van der Waals surface area contributed by atoms with Crippen LogP contribution in [0.15, 0.2) is 34.9 Å². The fraction of sp³-hybridized carbons (Fsp3) is 0.643. The second-order valence-corrected chi connectivity index (χ2v) is 12.9. The molecule has 2 aliphatic heterocycles. The first kappa shape index (κ1) is 25.3. The summed E-state index contributed by atoms with van der Waals surface area (Å²) in [5.74, 6) is 2.73.